The number of carbonyl (C=O) groups excluding carboxylic acids is 1. The third-order valence-corrected chi connectivity index (χ3v) is 7.55. The Morgan fingerprint density at radius 3 is 2.76 bits per heavy atom. The number of hydrazine groups is 1. The van der Waals surface area contributed by atoms with Crippen molar-refractivity contribution in [3.63, 3.8) is 0 Å². The molecule has 1 saturated carbocycles. The largest absolute Gasteiger partial charge is 0.382 e. The normalized spacial score (nSPS) is 17.3. The van der Waals surface area contributed by atoms with E-state index in [0.717, 1.165) is 17.2 Å². The van der Waals surface area contributed by atoms with Crippen molar-refractivity contribution in [2.75, 3.05) is 11.5 Å². The van der Waals surface area contributed by atoms with E-state index in [1.165, 1.54) is 42.8 Å². The van der Waals surface area contributed by atoms with Crippen LogP contribution < -0.4 is 16.6 Å². The summed E-state index contributed by atoms with van der Waals surface area (Å²) >= 11 is 3.70. The van der Waals surface area contributed by atoms with E-state index < -0.39 is 18.1 Å². The van der Waals surface area contributed by atoms with E-state index in [-0.39, 0.29) is 0 Å². The van der Waals surface area contributed by atoms with Crippen LogP contribution in [0.4, 0.5) is 0 Å². The van der Waals surface area contributed by atoms with Crippen LogP contribution in [0.25, 0.3) is 0 Å². The molecule has 0 radical (unpaired) electrons. The molecule has 2 unspecified atom stereocenters. The smallest absolute Gasteiger partial charge is 0.264 e. The van der Waals surface area contributed by atoms with Gasteiger partial charge in [0.25, 0.3) is 5.91 Å². The topological polar surface area (TPSA) is 87.4 Å². The van der Waals surface area contributed by atoms with Crippen LogP contribution >= 0.6 is 23.5 Å². The maximum absolute atomic E-state index is 12.1. The molecular formula is C22H37N3O2S2. The summed E-state index contributed by atoms with van der Waals surface area (Å²) in [7, 11) is 0. The van der Waals surface area contributed by atoms with Crippen molar-refractivity contribution < 1.29 is 9.90 Å². The highest BCUT2D eigenvalue weighted by Gasteiger charge is 2.22. The van der Waals surface area contributed by atoms with Gasteiger partial charge in [0.1, 0.15) is 6.10 Å². The van der Waals surface area contributed by atoms with Gasteiger partial charge in [0.05, 0.1) is 0 Å². The van der Waals surface area contributed by atoms with Crippen LogP contribution in [0.1, 0.15) is 57.9 Å². The fourth-order valence-electron chi connectivity index (χ4n) is 3.41. The second-order valence-corrected chi connectivity index (χ2v) is 10.9. The molecule has 2 atom stereocenters. The molecular weight excluding hydrogens is 402 g/mol. The number of amides is 1. The second-order valence-electron chi connectivity index (χ2n) is 8.12. The Morgan fingerprint density at radius 2 is 2.03 bits per heavy atom. The molecule has 0 saturated heterocycles. The van der Waals surface area contributed by atoms with Gasteiger partial charge in [-0.1, -0.05) is 45.2 Å². The summed E-state index contributed by atoms with van der Waals surface area (Å²) in [6.07, 6.45) is 6.28. The van der Waals surface area contributed by atoms with Gasteiger partial charge in [-0.25, -0.2) is 5.43 Å². The number of benzene rings is 1. The average molecular weight is 440 g/mol. The fourth-order valence-corrected chi connectivity index (χ4v) is 5.46. The molecule has 164 valence electrons. The number of thioether (sulfide) groups is 2. The molecule has 0 aliphatic heterocycles. The lowest BCUT2D eigenvalue weighted by molar-refractivity contribution is -0.131. The summed E-state index contributed by atoms with van der Waals surface area (Å²) in [5.74, 6) is 2.39. The first kappa shape index (κ1) is 24.5. The third kappa shape index (κ3) is 9.75. The van der Waals surface area contributed by atoms with Crippen LogP contribution in [0.3, 0.4) is 0 Å². The van der Waals surface area contributed by atoms with E-state index in [4.69, 9.17) is 5.73 Å². The first-order chi connectivity index (χ1) is 14.0. The van der Waals surface area contributed by atoms with Gasteiger partial charge in [-0.2, -0.15) is 11.8 Å². The first-order valence-corrected chi connectivity index (χ1v) is 12.8. The van der Waals surface area contributed by atoms with Crippen molar-refractivity contribution in [3.05, 3.63) is 29.8 Å². The van der Waals surface area contributed by atoms with Crippen molar-refractivity contribution in [1.82, 2.24) is 10.9 Å². The SMILES string of the molecule is CC(C)SCCC(N)C(O)C(=O)NNCc1cccc(SCC2CCCCC2)c1. The molecule has 7 heteroatoms. The third-order valence-electron chi connectivity index (χ3n) is 5.19. The van der Waals surface area contributed by atoms with Crippen LogP contribution in [0.2, 0.25) is 0 Å². The number of carbonyl (C=O) groups is 1. The Morgan fingerprint density at radius 1 is 1.28 bits per heavy atom. The number of nitrogens with one attached hydrogen (secondary N) is 2. The monoisotopic (exact) mass is 439 g/mol. The second kappa shape index (κ2) is 13.5. The average Bonchev–Trinajstić information content (AvgIpc) is 2.72. The summed E-state index contributed by atoms with van der Waals surface area (Å²) in [4.78, 5) is 13.4. The fraction of sp³-hybridized carbons (Fsp3) is 0.682. The van der Waals surface area contributed by atoms with Crippen LogP contribution in [-0.2, 0) is 11.3 Å². The molecule has 1 fully saturated rings. The van der Waals surface area contributed by atoms with Crippen molar-refractivity contribution in [3.8, 4) is 0 Å². The molecule has 1 aliphatic rings. The first-order valence-electron chi connectivity index (χ1n) is 10.8. The Labute approximate surface area is 184 Å². The number of hydrogen-bond donors (Lipinski definition) is 4. The van der Waals surface area contributed by atoms with Crippen molar-refractivity contribution >= 4 is 29.4 Å². The number of nitrogens with two attached hydrogens (primary N) is 1. The Balaban J connectivity index is 1.68. The van der Waals surface area contributed by atoms with Crippen molar-refractivity contribution in [2.45, 2.75) is 81.2 Å². The predicted molar refractivity (Wildman–Crippen MR) is 125 cm³/mol. The van der Waals surface area contributed by atoms with Crippen LogP contribution in [0, 0.1) is 5.92 Å². The Bertz CT molecular complexity index is 609. The number of aliphatic hydroxyl groups is 1. The molecule has 5 nitrogen and oxygen atoms in total. The lowest BCUT2D eigenvalue weighted by Gasteiger charge is -2.21. The summed E-state index contributed by atoms with van der Waals surface area (Å²) in [5, 5.41) is 10.6. The molecule has 1 aromatic rings. The maximum atomic E-state index is 12.1. The van der Waals surface area contributed by atoms with E-state index in [1.54, 1.807) is 11.8 Å². The molecule has 0 spiro atoms. The van der Waals surface area contributed by atoms with E-state index in [9.17, 15) is 9.90 Å². The molecule has 29 heavy (non-hydrogen) atoms. The summed E-state index contributed by atoms with van der Waals surface area (Å²) < 4.78 is 0. The minimum absolute atomic E-state index is 0.477. The highest BCUT2D eigenvalue weighted by molar-refractivity contribution is 7.99. The van der Waals surface area contributed by atoms with Gasteiger partial charge in [0, 0.05) is 23.2 Å². The van der Waals surface area contributed by atoms with Gasteiger partial charge in [0.15, 0.2) is 0 Å². The van der Waals surface area contributed by atoms with E-state index in [1.807, 2.05) is 17.8 Å². The van der Waals surface area contributed by atoms with E-state index >= 15 is 0 Å². The van der Waals surface area contributed by atoms with Crippen molar-refractivity contribution in [2.24, 2.45) is 11.7 Å². The van der Waals surface area contributed by atoms with Crippen LogP contribution in [0.5, 0.6) is 0 Å². The predicted octanol–water partition coefficient (Wildman–Crippen LogP) is 3.70. The molecule has 0 bridgehead atoms. The number of hydrogen-bond acceptors (Lipinski definition) is 6. The quantitative estimate of drug-likeness (QED) is 0.293. The minimum atomic E-state index is -1.20. The molecule has 2 rings (SSSR count). The standard InChI is InChI=1S/C22H37N3O2S2/c1-16(2)28-12-11-20(23)21(26)22(27)25-24-14-18-9-6-10-19(13-18)29-15-17-7-4-3-5-8-17/h6,9-10,13,16-17,20-21,24,26H,3-5,7-8,11-12,14-15,23H2,1-2H3,(H,25,27). The summed E-state index contributed by atoms with van der Waals surface area (Å²) in [6.45, 7) is 4.74. The van der Waals surface area contributed by atoms with Gasteiger partial charge in [-0.3, -0.25) is 10.2 Å². The van der Waals surface area contributed by atoms with Gasteiger partial charge in [-0.05, 0) is 53.9 Å². The van der Waals surface area contributed by atoms with Gasteiger partial charge < -0.3 is 10.8 Å². The zero-order valence-corrected chi connectivity index (χ0v) is 19.4. The maximum Gasteiger partial charge on any atom is 0.264 e. The Hall–Kier alpha value is -0.730. The van der Waals surface area contributed by atoms with Crippen molar-refractivity contribution in [1.29, 1.82) is 0 Å². The highest BCUT2D eigenvalue weighted by Crippen LogP contribution is 2.30. The minimum Gasteiger partial charge on any atom is -0.382 e. The molecule has 1 aromatic carbocycles. The molecule has 0 heterocycles. The lowest BCUT2D eigenvalue weighted by atomic mass is 9.91. The van der Waals surface area contributed by atoms with Gasteiger partial charge >= 0.3 is 0 Å². The molecule has 0 aromatic heterocycles. The zero-order chi connectivity index (χ0) is 21.1. The molecule has 1 amide bonds. The van der Waals surface area contributed by atoms with Crippen LogP contribution in [-0.4, -0.2) is 39.9 Å². The van der Waals surface area contributed by atoms with E-state index in [0.29, 0.717) is 18.2 Å². The number of rotatable bonds is 12. The van der Waals surface area contributed by atoms with Gasteiger partial charge in [-0.15, -0.1) is 11.8 Å². The van der Waals surface area contributed by atoms with E-state index in [2.05, 4.69) is 42.9 Å². The molecule has 5 N–H and O–H groups in total. The zero-order valence-electron chi connectivity index (χ0n) is 17.7. The van der Waals surface area contributed by atoms with Crippen LogP contribution in [0.15, 0.2) is 29.2 Å². The highest BCUT2D eigenvalue weighted by atomic mass is 32.2. The Kier molecular flexibility index (Phi) is 11.5. The summed E-state index contributed by atoms with van der Waals surface area (Å²) in [6, 6.07) is 7.85. The molecule has 1 aliphatic carbocycles. The lowest BCUT2D eigenvalue weighted by Crippen LogP contribution is -2.50. The van der Waals surface area contributed by atoms with Gasteiger partial charge in [0.2, 0.25) is 0 Å². The number of aliphatic hydroxyl groups excluding tert-OH is 1. The summed E-state index contributed by atoms with van der Waals surface area (Å²) in [5.41, 5.74) is 12.5.